The minimum absolute atomic E-state index is 0. The van der Waals surface area contributed by atoms with Gasteiger partial charge in [-0.3, -0.25) is 4.79 Å². The average molecular weight is 343 g/mol. The molecule has 1 aromatic carbocycles. The number of furan rings is 1. The average Bonchev–Trinajstić information content (AvgIpc) is 2.89. The quantitative estimate of drug-likeness (QED) is 0.872. The summed E-state index contributed by atoms with van der Waals surface area (Å²) in [7, 11) is 0. The second-order valence-electron chi connectivity index (χ2n) is 5.61. The number of carbonyl (C=O) groups excluding carboxylic acids is 1. The third-order valence-corrected chi connectivity index (χ3v) is 3.53. The second-order valence-corrected chi connectivity index (χ2v) is 6.02. The first-order valence-corrected chi connectivity index (χ1v) is 7.12. The Hall–Kier alpha value is -1.49. The van der Waals surface area contributed by atoms with Crippen molar-refractivity contribution in [3.63, 3.8) is 0 Å². The summed E-state index contributed by atoms with van der Waals surface area (Å²) in [6.07, 6.45) is 2.06. The van der Waals surface area contributed by atoms with E-state index in [1.54, 1.807) is 6.07 Å². The number of halogens is 2. The maximum Gasteiger partial charge on any atom is 0.254 e. The van der Waals surface area contributed by atoms with E-state index in [-0.39, 0.29) is 24.9 Å². The fourth-order valence-electron chi connectivity index (χ4n) is 2.15. The number of rotatable bonds is 5. The predicted octanol–water partition coefficient (Wildman–Crippen LogP) is 3.56. The molecule has 0 aliphatic rings. The fourth-order valence-corrected chi connectivity index (χ4v) is 2.35. The molecular weight excluding hydrogens is 323 g/mol. The van der Waals surface area contributed by atoms with Crippen LogP contribution in [0, 0.1) is 0 Å². The molecule has 0 fully saturated rings. The molecule has 0 spiro atoms. The van der Waals surface area contributed by atoms with Crippen LogP contribution in [0.1, 0.15) is 35.5 Å². The van der Waals surface area contributed by atoms with Crippen molar-refractivity contribution in [2.45, 2.75) is 32.4 Å². The van der Waals surface area contributed by atoms with Gasteiger partial charge in [0.15, 0.2) is 0 Å². The highest BCUT2D eigenvalue weighted by Gasteiger charge is 2.23. The van der Waals surface area contributed by atoms with Gasteiger partial charge in [-0.1, -0.05) is 29.8 Å². The van der Waals surface area contributed by atoms with E-state index in [1.165, 1.54) is 6.26 Å². The van der Waals surface area contributed by atoms with Crippen LogP contribution < -0.4 is 11.1 Å². The second kappa shape index (κ2) is 7.68. The summed E-state index contributed by atoms with van der Waals surface area (Å²) in [6, 6.07) is 9.28. The first-order chi connectivity index (χ1) is 9.91. The van der Waals surface area contributed by atoms with Crippen molar-refractivity contribution in [3.05, 3.63) is 58.5 Å². The molecule has 0 saturated heterocycles. The molecule has 2 rings (SSSR count). The third kappa shape index (κ3) is 4.77. The lowest BCUT2D eigenvalue weighted by atomic mass is 9.94. The van der Waals surface area contributed by atoms with Gasteiger partial charge in [0, 0.05) is 10.6 Å². The van der Waals surface area contributed by atoms with Gasteiger partial charge < -0.3 is 15.5 Å². The number of amides is 1. The first kappa shape index (κ1) is 18.6. The molecule has 0 atom stereocenters. The Bertz CT molecular complexity index is 639. The van der Waals surface area contributed by atoms with Gasteiger partial charge in [0.1, 0.15) is 12.0 Å². The van der Waals surface area contributed by atoms with E-state index >= 15 is 0 Å². The molecule has 2 aromatic rings. The maximum atomic E-state index is 12.2. The van der Waals surface area contributed by atoms with Gasteiger partial charge in [-0.2, -0.15) is 0 Å². The number of benzene rings is 1. The third-order valence-electron chi connectivity index (χ3n) is 3.16. The zero-order valence-electron chi connectivity index (χ0n) is 12.6. The Balaban J connectivity index is 0.00000242. The molecule has 0 saturated carbocycles. The number of hydrogen-bond acceptors (Lipinski definition) is 3. The summed E-state index contributed by atoms with van der Waals surface area (Å²) in [5, 5.41) is 3.69. The van der Waals surface area contributed by atoms with Crippen LogP contribution in [0.2, 0.25) is 5.02 Å². The maximum absolute atomic E-state index is 12.2. The summed E-state index contributed by atoms with van der Waals surface area (Å²) >= 11 is 6.16. The summed E-state index contributed by atoms with van der Waals surface area (Å²) in [6.45, 7) is 4.19. The minimum Gasteiger partial charge on any atom is -0.467 e. The van der Waals surface area contributed by atoms with E-state index in [4.69, 9.17) is 21.8 Å². The molecule has 22 heavy (non-hydrogen) atoms. The van der Waals surface area contributed by atoms with Crippen LogP contribution in [-0.4, -0.2) is 11.4 Å². The Morgan fingerprint density at radius 2 is 2.05 bits per heavy atom. The van der Waals surface area contributed by atoms with Crippen molar-refractivity contribution in [3.8, 4) is 0 Å². The zero-order chi connectivity index (χ0) is 15.5. The molecule has 0 unspecified atom stereocenters. The molecule has 4 nitrogen and oxygen atoms in total. The molecule has 0 aliphatic heterocycles. The van der Waals surface area contributed by atoms with Crippen molar-refractivity contribution >= 4 is 29.9 Å². The van der Waals surface area contributed by atoms with Crippen LogP contribution in [0.5, 0.6) is 0 Å². The molecule has 0 aliphatic carbocycles. The highest BCUT2D eigenvalue weighted by atomic mass is 35.5. The summed E-state index contributed by atoms with van der Waals surface area (Å²) in [4.78, 5) is 12.2. The Labute approximate surface area is 141 Å². The van der Waals surface area contributed by atoms with E-state index < -0.39 is 5.54 Å². The summed E-state index contributed by atoms with van der Waals surface area (Å²) in [5.74, 6) is 0.402. The molecule has 1 heterocycles. The van der Waals surface area contributed by atoms with E-state index in [0.29, 0.717) is 22.8 Å². The van der Waals surface area contributed by atoms with Gasteiger partial charge in [0.2, 0.25) is 0 Å². The molecule has 0 radical (unpaired) electrons. The van der Waals surface area contributed by atoms with Crippen LogP contribution in [0.3, 0.4) is 0 Å². The van der Waals surface area contributed by atoms with Crippen LogP contribution >= 0.6 is 24.0 Å². The largest absolute Gasteiger partial charge is 0.467 e. The topological polar surface area (TPSA) is 68.3 Å². The van der Waals surface area contributed by atoms with Gasteiger partial charge in [-0.25, -0.2) is 0 Å². The Morgan fingerprint density at radius 1 is 1.36 bits per heavy atom. The Kier molecular flexibility index (Phi) is 6.48. The molecule has 1 amide bonds. The van der Waals surface area contributed by atoms with Gasteiger partial charge in [-0.05, 0) is 38.0 Å². The number of nitrogens with one attached hydrogen (secondary N) is 1. The lowest BCUT2D eigenvalue weighted by molar-refractivity contribution is 0.0912. The number of carbonyl (C=O) groups is 1. The van der Waals surface area contributed by atoms with E-state index in [1.807, 2.05) is 38.1 Å². The van der Waals surface area contributed by atoms with Crippen molar-refractivity contribution in [1.29, 1.82) is 0 Å². The highest BCUT2D eigenvalue weighted by molar-refractivity contribution is 6.31. The van der Waals surface area contributed by atoms with Crippen LogP contribution in [0.25, 0.3) is 0 Å². The fraction of sp³-hybridized carbons (Fsp3) is 0.312. The van der Waals surface area contributed by atoms with E-state index in [9.17, 15) is 4.79 Å². The lowest BCUT2D eigenvalue weighted by Gasteiger charge is -2.26. The number of nitrogens with two attached hydrogens (primary N) is 1. The lowest BCUT2D eigenvalue weighted by Crippen LogP contribution is -2.45. The van der Waals surface area contributed by atoms with E-state index in [0.717, 1.165) is 5.56 Å². The normalized spacial score (nSPS) is 10.9. The SMILES string of the molecule is CC(C)(Cc1ccccc1Cl)NC(=O)c1coc(CN)c1.Cl. The van der Waals surface area contributed by atoms with Crippen LogP contribution in [-0.2, 0) is 13.0 Å². The molecule has 120 valence electrons. The molecular formula is C16H20Cl2N2O2. The standard InChI is InChI=1S/C16H19ClN2O2.ClH/c1-16(2,8-11-5-3-4-6-14(11)17)19-15(20)12-7-13(9-18)21-10-12;/h3-7,10H,8-9,18H2,1-2H3,(H,19,20);1H. The van der Waals surface area contributed by atoms with Gasteiger partial charge in [0.05, 0.1) is 12.1 Å². The van der Waals surface area contributed by atoms with Crippen LogP contribution in [0.15, 0.2) is 41.0 Å². The van der Waals surface area contributed by atoms with Crippen molar-refractivity contribution in [2.75, 3.05) is 0 Å². The van der Waals surface area contributed by atoms with Gasteiger partial charge in [0.25, 0.3) is 5.91 Å². The van der Waals surface area contributed by atoms with Crippen molar-refractivity contribution in [1.82, 2.24) is 5.32 Å². The zero-order valence-corrected chi connectivity index (χ0v) is 14.1. The predicted molar refractivity (Wildman–Crippen MR) is 90.5 cm³/mol. The van der Waals surface area contributed by atoms with Crippen molar-refractivity contribution < 1.29 is 9.21 Å². The van der Waals surface area contributed by atoms with E-state index in [2.05, 4.69) is 5.32 Å². The monoisotopic (exact) mass is 342 g/mol. The molecule has 3 N–H and O–H groups in total. The molecule has 6 heteroatoms. The minimum atomic E-state index is -0.428. The molecule has 1 aromatic heterocycles. The highest BCUT2D eigenvalue weighted by Crippen LogP contribution is 2.21. The van der Waals surface area contributed by atoms with Crippen LogP contribution in [0.4, 0.5) is 0 Å². The summed E-state index contributed by atoms with van der Waals surface area (Å²) in [5.41, 5.74) is 6.51. The first-order valence-electron chi connectivity index (χ1n) is 6.75. The molecule has 0 bridgehead atoms. The Morgan fingerprint density at radius 3 is 2.64 bits per heavy atom. The smallest absolute Gasteiger partial charge is 0.254 e. The number of hydrogen-bond donors (Lipinski definition) is 2. The summed E-state index contributed by atoms with van der Waals surface area (Å²) < 4.78 is 5.18. The van der Waals surface area contributed by atoms with Gasteiger partial charge in [-0.15, -0.1) is 12.4 Å². The van der Waals surface area contributed by atoms with Gasteiger partial charge >= 0.3 is 0 Å². The van der Waals surface area contributed by atoms with Crippen molar-refractivity contribution in [2.24, 2.45) is 5.73 Å².